The molecule has 74 valence electrons. The van der Waals surface area contributed by atoms with Crippen molar-refractivity contribution in [3.63, 3.8) is 0 Å². The summed E-state index contributed by atoms with van der Waals surface area (Å²) in [5, 5.41) is 0.502. The van der Waals surface area contributed by atoms with E-state index in [1.54, 1.807) is 6.07 Å². The maximum Gasteiger partial charge on any atom is 0.431 e. The summed E-state index contributed by atoms with van der Waals surface area (Å²) in [5.41, 5.74) is -0.118. The molecule has 0 aliphatic carbocycles. The Morgan fingerprint density at radius 2 is 2.07 bits per heavy atom. The minimum atomic E-state index is -4.31. The first kappa shape index (κ1) is 9.05. The zero-order valence-corrected chi connectivity index (χ0v) is 7.34. The number of alkyl halides is 3. The number of fused-ring (bicyclic) bond motifs is 1. The molecule has 0 saturated heterocycles. The highest BCUT2D eigenvalue weighted by Gasteiger charge is 2.34. The number of hydrogen-bond acceptors (Lipinski definition) is 1. The molecule has 2 nitrogen and oxygen atoms in total. The molecule has 0 fully saturated rings. The molecule has 0 aliphatic heterocycles. The summed E-state index contributed by atoms with van der Waals surface area (Å²) in [7, 11) is 1.39. The number of aryl methyl sites for hydroxylation is 1. The summed E-state index contributed by atoms with van der Waals surface area (Å²) < 4.78 is 38.5. The molecule has 0 amide bonds. The fourth-order valence-corrected chi connectivity index (χ4v) is 1.46. The first-order valence-electron chi connectivity index (χ1n) is 3.97. The third kappa shape index (κ3) is 1.25. The standard InChI is InChI=1S/C9H7F3N2/c1-14-7-2-3-13-5-6(7)4-8(14)9(10,11)12/h2-5H,1H3. The fourth-order valence-electron chi connectivity index (χ4n) is 1.46. The van der Waals surface area contributed by atoms with Gasteiger partial charge in [-0.2, -0.15) is 13.2 Å². The van der Waals surface area contributed by atoms with Gasteiger partial charge in [-0.25, -0.2) is 0 Å². The molecule has 0 saturated carbocycles. The van der Waals surface area contributed by atoms with Gasteiger partial charge in [0.25, 0.3) is 0 Å². The molecular formula is C9H7F3N2. The van der Waals surface area contributed by atoms with Crippen molar-refractivity contribution in [2.75, 3.05) is 0 Å². The Hall–Kier alpha value is -1.52. The third-order valence-corrected chi connectivity index (χ3v) is 2.13. The van der Waals surface area contributed by atoms with Crippen molar-refractivity contribution in [2.45, 2.75) is 6.18 Å². The van der Waals surface area contributed by atoms with E-state index in [2.05, 4.69) is 4.98 Å². The van der Waals surface area contributed by atoms with E-state index in [1.807, 2.05) is 0 Å². The Morgan fingerprint density at radius 3 is 2.64 bits per heavy atom. The molecule has 0 unspecified atom stereocenters. The smallest absolute Gasteiger partial charge is 0.340 e. The molecule has 2 rings (SSSR count). The molecule has 0 aromatic carbocycles. The van der Waals surface area contributed by atoms with Crippen molar-refractivity contribution < 1.29 is 13.2 Å². The van der Waals surface area contributed by atoms with E-state index in [1.165, 1.54) is 19.4 Å². The Morgan fingerprint density at radius 1 is 1.36 bits per heavy atom. The summed E-state index contributed by atoms with van der Waals surface area (Å²) in [4.78, 5) is 3.77. The first-order chi connectivity index (χ1) is 6.50. The highest BCUT2D eigenvalue weighted by atomic mass is 19.4. The molecule has 5 heteroatoms. The lowest BCUT2D eigenvalue weighted by molar-refractivity contribution is -0.142. The van der Waals surface area contributed by atoms with Gasteiger partial charge in [0.1, 0.15) is 5.69 Å². The van der Waals surface area contributed by atoms with E-state index in [0.29, 0.717) is 10.9 Å². The molecule has 14 heavy (non-hydrogen) atoms. The zero-order valence-electron chi connectivity index (χ0n) is 7.34. The lowest BCUT2D eigenvalue weighted by atomic mass is 10.3. The summed E-state index contributed by atoms with van der Waals surface area (Å²) in [6.07, 6.45) is -1.42. The monoisotopic (exact) mass is 200 g/mol. The van der Waals surface area contributed by atoms with Crippen molar-refractivity contribution in [1.29, 1.82) is 0 Å². The average Bonchev–Trinajstić information content (AvgIpc) is 2.44. The molecule has 2 heterocycles. The van der Waals surface area contributed by atoms with Crippen molar-refractivity contribution in [3.8, 4) is 0 Å². The van der Waals surface area contributed by atoms with Crippen LogP contribution in [-0.2, 0) is 13.2 Å². The van der Waals surface area contributed by atoms with Crippen molar-refractivity contribution >= 4 is 10.9 Å². The van der Waals surface area contributed by atoms with Gasteiger partial charge in [0, 0.05) is 24.8 Å². The van der Waals surface area contributed by atoms with Gasteiger partial charge >= 0.3 is 6.18 Å². The molecular weight excluding hydrogens is 193 g/mol. The number of aromatic nitrogens is 2. The Balaban J connectivity index is 2.75. The van der Waals surface area contributed by atoms with E-state index in [9.17, 15) is 13.2 Å². The minimum absolute atomic E-state index is 0.502. The predicted molar refractivity (Wildman–Crippen MR) is 45.7 cm³/mol. The lowest BCUT2D eigenvalue weighted by Crippen LogP contribution is -2.10. The van der Waals surface area contributed by atoms with Crippen LogP contribution < -0.4 is 0 Å². The largest absolute Gasteiger partial charge is 0.431 e. The van der Waals surface area contributed by atoms with Gasteiger partial charge in [0.05, 0.1) is 5.52 Å². The normalized spacial score (nSPS) is 12.3. The van der Waals surface area contributed by atoms with Gasteiger partial charge in [0.15, 0.2) is 0 Å². The Labute approximate surface area is 78.0 Å². The number of halogens is 3. The second-order valence-electron chi connectivity index (χ2n) is 3.02. The summed E-state index contributed by atoms with van der Waals surface area (Å²) >= 11 is 0. The SMILES string of the molecule is Cn1c(C(F)(F)F)cc2cnccc21. The highest BCUT2D eigenvalue weighted by Crippen LogP contribution is 2.32. The molecule has 0 N–H and O–H groups in total. The first-order valence-corrected chi connectivity index (χ1v) is 3.97. The molecule has 0 radical (unpaired) electrons. The van der Waals surface area contributed by atoms with Crippen LogP contribution in [0, 0.1) is 0 Å². The average molecular weight is 200 g/mol. The van der Waals surface area contributed by atoms with Gasteiger partial charge in [-0.15, -0.1) is 0 Å². The van der Waals surface area contributed by atoms with E-state index >= 15 is 0 Å². The van der Waals surface area contributed by atoms with Crippen LogP contribution >= 0.6 is 0 Å². The van der Waals surface area contributed by atoms with Crippen LogP contribution in [0.3, 0.4) is 0 Å². The summed E-state index contributed by atoms with van der Waals surface area (Å²) in [5.74, 6) is 0. The topological polar surface area (TPSA) is 17.8 Å². The van der Waals surface area contributed by atoms with Crippen molar-refractivity contribution in [3.05, 3.63) is 30.2 Å². The Kier molecular flexibility index (Phi) is 1.77. The van der Waals surface area contributed by atoms with Crippen LogP contribution in [0.1, 0.15) is 5.69 Å². The van der Waals surface area contributed by atoms with Crippen LogP contribution in [0.4, 0.5) is 13.2 Å². The van der Waals surface area contributed by atoms with Gasteiger partial charge < -0.3 is 4.57 Å². The third-order valence-electron chi connectivity index (χ3n) is 2.13. The molecule has 2 aromatic heterocycles. The quantitative estimate of drug-likeness (QED) is 0.639. The second kappa shape index (κ2) is 2.73. The van der Waals surface area contributed by atoms with Crippen molar-refractivity contribution in [1.82, 2.24) is 9.55 Å². The van der Waals surface area contributed by atoms with Crippen molar-refractivity contribution in [2.24, 2.45) is 7.05 Å². The van der Waals surface area contributed by atoms with Gasteiger partial charge in [-0.3, -0.25) is 4.98 Å². The van der Waals surface area contributed by atoms with Crippen LogP contribution in [0.25, 0.3) is 10.9 Å². The number of nitrogens with zero attached hydrogens (tertiary/aromatic N) is 2. The minimum Gasteiger partial charge on any atom is -0.340 e. The van der Waals surface area contributed by atoms with E-state index in [4.69, 9.17) is 0 Å². The molecule has 0 spiro atoms. The summed E-state index contributed by atoms with van der Waals surface area (Å²) in [6.45, 7) is 0. The van der Waals surface area contributed by atoms with Crippen LogP contribution in [-0.4, -0.2) is 9.55 Å². The number of rotatable bonds is 0. The van der Waals surface area contributed by atoms with Gasteiger partial charge in [-0.05, 0) is 12.1 Å². The van der Waals surface area contributed by atoms with E-state index in [-0.39, 0.29) is 0 Å². The van der Waals surface area contributed by atoms with Crippen LogP contribution in [0.5, 0.6) is 0 Å². The number of pyridine rings is 1. The zero-order chi connectivity index (χ0) is 10.3. The predicted octanol–water partition coefficient (Wildman–Crippen LogP) is 2.59. The van der Waals surface area contributed by atoms with Crippen LogP contribution in [0.2, 0.25) is 0 Å². The lowest BCUT2D eigenvalue weighted by Gasteiger charge is -2.07. The number of hydrogen-bond donors (Lipinski definition) is 0. The Bertz CT molecular complexity index is 470. The molecule has 0 bridgehead atoms. The fraction of sp³-hybridized carbons (Fsp3) is 0.222. The van der Waals surface area contributed by atoms with E-state index < -0.39 is 11.9 Å². The maximum absolute atomic E-state index is 12.4. The molecule has 0 atom stereocenters. The summed E-state index contributed by atoms with van der Waals surface area (Å²) in [6, 6.07) is 2.66. The second-order valence-corrected chi connectivity index (χ2v) is 3.02. The van der Waals surface area contributed by atoms with Gasteiger partial charge in [-0.1, -0.05) is 0 Å². The van der Waals surface area contributed by atoms with Crippen LogP contribution in [0.15, 0.2) is 24.5 Å². The van der Waals surface area contributed by atoms with Gasteiger partial charge in [0.2, 0.25) is 0 Å². The highest BCUT2D eigenvalue weighted by molar-refractivity contribution is 5.80. The maximum atomic E-state index is 12.4. The van der Waals surface area contributed by atoms with E-state index in [0.717, 1.165) is 10.6 Å². The molecule has 0 aliphatic rings. The molecule has 2 aromatic rings.